The standard InChI is InChI=1S/C24H22O3S2/c25-21-16-24(19-10-5-2-6-11-19,14-13-20-12-7-15-28-20)27-23(26)22(21)29-17-18-8-3-1-4-9-18/h1-12,15,25H,13-14,16-17H2. The number of benzene rings is 2. The molecule has 3 aromatic rings. The van der Waals surface area contributed by atoms with Crippen LogP contribution in [0.25, 0.3) is 0 Å². The van der Waals surface area contributed by atoms with E-state index in [-0.39, 0.29) is 5.76 Å². The number of thiophene rings is 1. The molecule has 0 fully saturated rings. The molecule has 0 amide bonds. The van der Waals surface area contributed by atoms with Gasteiger partial charge in [0.1, 0.15) is 16.3 Å². The van der Waals surface area contributed by atoms with Crippen molar-refractivity contribution in [3.8, 4) is 0 Å². The molecule has 0 spiro atoms. The summed E-state index contributed by atoms with van der Waals surface area (Å²) in [7, 11) is 0. The van der Waals surface area contributed by atoms with Gasteiger partial charge in [0.15, 0.2) is 0 Å². The van der Waals surface area contributed by atoms with Crippen LogP contribution < -0.4 is 0 Å². The van der Waals surface area contributed by atoms with Crippen LogP contribution in [0.3, 0.4) is 0 Å². The van der Waals surface area contributed by atoms with E-state index in [4.69, 9.17) is 4.74 Å². The quantitative estimate of drug-likeness (QED) is 0.459. The molecule has 2 heterocycles. The van der Waals surface area contributed by atoms with Crippen molar-refractivity contribution in [2.24, 2.45) is 0 Å². The van der Waals surface area contributed by atoms with Crippen molar-refractivity contribution in [3.63, 3.8) is 0 Å². The molecule has 4 rings (SSSR count). The first-order valence-electron chi connectivity index (χ1n) is 9.56. The fourth-order valence-corrected chi connectivity index (χ4v) is 5.18. The van der Waals surface area contributed by atoms with E-state index in [0.717, 1.165) is 17.5 Å². The van der Waals surface area contributed by atoms with Crippen molar-refractivity contribution in [1.82, 2.24) is 0 Å². The van der Waals surface area contributed by atoms with Crippen LogP contribution in [0.2, 0.25) is 0 Å². The molecule has 1 unspecified atom stereocenters. The van der Waals surface area contributed by atoms with E-state index in [9.17, 15) is 9.90 Å². The van der Waals surface area contributed by atoms with E-state index in [1.807, 2.05) is 72.1 Å². The van der Waals surface area contributed by atoms with Crippen LogP contribution in [-0.2, 0) is 27.3 Å². The van der Waals surface area contributed by atoms with Crippen molar-refractivity contribution < 1.29 is 14.6 Å². The fourth-order valence-electron chi connectivity index (χ4n) is 3.57. The zero-order valence-electron chi connectivity index (χ0n) is 15.9. The number of aryl methyl sites for hydroxylation is 1. The van der Waals surface area contributed by atoms with Crippen molar-refractivity contribution in [1.29, 1.82) is 0 Å². The summed E-state index contributed by atoms with van der Waals surface area (Å²) in [4.78, 5) is 14.5. The number of aliphatic hydroxyl groups excluding tert-OH is 1. The molecule has 1 N–H and O–H groups in total. The van der Waals surface area contributed by atoms with Crippen LogP contribution in [-0.4, -0.2) is 11.1 Å². The molecule has 3 nitrogen and oxygen atoms in total. The van der Waals surface area contributed by atoms with E-state index in [1.165, 1.54) is 16.6 Å². The number of ether oxygens (including phenoxy) is 1. The third kappa shape index (κ3) is 4.57. The maximum Gasteiger partial charge on any atom is 0.348 e. The van der Waals surface area contributed by atoms with Gasteiger partial charge in [0.05, 0.1) is 6.42 Å². The second kappa shape index (κ2) is 8.89. The van der Waals surface area contributed by atoms with Gasteiger partial charge in [0, 0.05) is 10.6 Å². The Balaban J connectivity index is 1.58. The lowest BCUT2D eigenvalue weighted by molar-refractivity contribution is -0.160. The number of esters is 1. The Bertz CT molecular complexity index is 981. The molecule has 1 atom stereocenters. The summed E-state index contributed by atoms with van der Waals surface area (Å²) in [5.74, 6) is 0.296. The van der Waals surface area contributed by atoms with Gasteiger partial charge < -0.3 is 9.84 Å². The van der Waals surface area contributed by atoms with Gasteiger partial charge in [-0.1, -0.05) is 66.7 Å². The molecule has 5 heteroatoms. The van der Waals surface area contributed by atoms with Gasteiger partial charge in [-0.3, -0.25) is 0 Å². The smallest absolute Gasteiger partial charge is 0.348 e. The number of hydrogen-bond acceptors (Lipinski definition) is 5. The molecule has 1 aliphatic heterocycles. The van der Waals surface area contributed by atoms with Gasteiger partial charge in [-0.05, 0) is 35.4 Å². The minimum Gasteiger partial charge on any atom is -0.511 e. The number of thioether (sulfide) groups is 1. The van der Waals surface area contributed by atoms with Gasteiger partial charge >= 0.3 is 5.97 Å². The van der Waals surface area contributed by atoms with E-state index in [1.54, 1.807) is 11.3 Å². The molecular weight excluding hydrogens is 400 g/mol. The van der Waals surface area contributed by atoms with Crippen LogP contribution in [0, 0.1) is 0 Å². The van der Waals surface area contributed by atoms with Gasteiger partial charge in [-0.2, -0.15) is 0 Å². The zero-order valence-corrected chi connectivity index (χ0v) is 17.5. The SMILES string of the molecule is O=C1OC(CCc2cccs2)(c2ccccc2)CC(O)=C1SCc1ccccc1. The third-order valence-corrected chi connectivity index (χ3v) is 7.17. The van der Waals surface area contributed by atoms with Crippen molar-refractivity contribution >= 4 is 29.1 Å². The van der Waals surface area contributed by atoms with Crippen molar-refractivity contribution in [3.05, 3.63) is 105 Å². The Morgan fingerprint density at radius 2 is 1.72 bits per heavy atom. The van der Waals surface area contributed by atoms with E-state index >= 15 is 0 Å². The summed E-state index contributed by atoms with van der Waals surface area (Å²) in [5, 5.41) is 12.9. The largest absolute Gasteiger partial charge is 0.511 e. The van der Waals surface area contributed by atoms with Gasteiger partial charge in [0.2, 0.25) is 0 Å². The van der Waals surface area contributed by atoms with Crippen LogP contribution >= 0.6 is 23.1 Å². The average Bonchev–Trinajstić information content (AvgIpc) is 3.27. The molecule has 148 valence electrons. The zero-order chi connectivity index (χ0) is 20.1. The number of rotatable bonds is 7. The highest BCUT2D eigenvalue weighted by molar-refractivity contribution is 8.03. The lowest BCUT2D eigenvalue weighted by Gasteiger charge is -2.37. The van der Waals surface area contributed by atoms with Crippen LogP contribution in [0.15, 0.2) is 88.8 Å². The normalized spacial score (nSPS) is 19.2. The van der Waals surface area contributed by atoms with Gasteiger partial charge in [-0.15, -0.1) is 23.1 Å². The summed E-state index contributed by atoms with van der Waals surface area (Å²) in [6.45, 7) is 0. The molecule has 0 saturated heterocycles. The molecule has 0 radical (unpaired) electrons. The maximum atomic E-state index is 12.9. The van der Waals surface area contributed by atoms with Crippen LogP contribution in [0.4, 0.5) is 0 Å². The van der Waals surface area contributed by atoms with Gasteiger partial charge in [0.25, 0.3) is 0 Å². The van der Waals surface area contributed by atoms with E-state index < -0.39 is 11.6 Å². The number of carbonyl (C=O) groups excluding carboxylic acids is 1. The highest BCUT2D eigenvalue weighted by atomic mass is 32.2. The monoisotopic (exact) mass is 422 g/mol. The molecule has 0 aliphatic carbocycles. The van der Waals surface area contributed by atoms with Crippen LogP contribution in [0.5, 0.6) is 0 Å². The highest BCUT2D eigenvalue weighted by Crippen LogP contribution is 2.44. The van der Waals surface area contributed by atoms with Gasteiger partial charge in [-0.25, -0.2) is 4.79 Å². The minimum atomic E-state index is -0.844. The second-order valence-electron chi connectivity index (χ2n) is 7.06. The predicted molar refractivity (Wildman–Crippen MR) is 119 cm³/mol. The van der Waals surface area contributed by atoms with Crippen LogP contribution in [0.1, 0.15) is 28.8 Å². The Labute approximate surface area is 179 Å². The summed E-state index contributed by atoms with van der Waals surface area (Å²) < 4.78 is 6.06. The number of cyclic esters (lactones) is 1. The first kappa shape index (κ1) is 19.8. The predicted octanol–water partition coefficient (Wildman–Crippen LogP) is 6.23. The van der Waals surface area contributed by atoms with E-state index in [2.05, 4.69) is 6.07 Å². The fraction of sp³-hybridized carbons (Fsp3) is 0.208. The minimum absolute atomic E-state index is 0.122. The van der Waals surface area contributed by atoms with Crippen molar-refractivity contribution in [2.75, 3.05) is 0 Å². The topological polar surface area (TPSA) is 46.5 Å². The Hall–Kier alpha value is -2.50. The molecule has 1 aromatic heterocycles. The second-order valence-corrected chi connectivity index (χ2v) is 9.07. The number of carbonyl (C=O) groups is 1. The summed E-state index contributed by atoms with van der Waals surface area (Å²) in [6.07, 6.45) is 1.72. The Kier molecular flexibility index (Phi) is 6.07. The highest BCUT2D eigenvalue weighted by Gasteiger charge is 2.43. The first-order valence-corrected chi connectivity index (χ1v) is 11.4. The molecule has 0 saturated carbocycles. The summed E-state index contributed by atoms with van der Waals surface area (Å²) in [6, 6.07) is 23.8. The van der Waals surface area contributed by atoms with Crippen molar-refractivity contribution in [2.45, 2.75) is 30.6 Å². The molecule has 1 aliphatic rings. The molecule has 29 heavy (non-hydrogen) atoms. The molecule has 2 aromatic carbocycles. The Morgan fingerprint density at radius 3 is 2.38 bits per heavy atom. The molecular formula is C24H22O3S2. The summed E-state index contributed by atoms with van der Waals surface area (Å²) in [5.41, 5.74) is 1.18. The first-order chi connectivity index (χ1) is 14.2. The maximum absolute atomic E-state index is 12.9. The molecule has 0 bridgehead atoms. The average molecular weight is 423 g/mol. The van der Waals surface area contributed by atoms with E-state index in [0.29, 0.717) is 23.5 Å². The number of hydrogen-bond donors (Lipinski definition) is 1. The lowest BCUT2D eigenvalue weighted by Crippen LogP contribution is -2.38. The Morgan fingerprint density at radius 1 is 1.00 bits per heavy atom. The summed E-state index contributed by atoms with van der Waals surface area (Å²) >= 11 is 3.03. The third-order valence-electron chi connectivity index (χ3n) is 5.07. The number of aliphatic hydroxyl groups is 1. The lowest BCUT2D eigenvalue weighted by atomic mass is 9.83.